The van der Waals surface area contributed by atoms with Gasteiger partial charge >= 0.3 is 18.0 Å². The molecule has 0 N–H and O–H groups in total. The van der Waals surface area contributed by atoms with Gasteiger partial charge in [0.2, 0.25) is 6.10 Å². The molecular formula is C23H35NO6. The molecule has 0 saturated carbocycles. The lowest BCUT2D eigenvalue weighted by Crippen LogP contribution is -2.50. The number of carbonyl (C=O) groups is 3. The Labute approximate surface area is 179 Å². The summed E-state index contributed by atoms with van der Waals surface area (Å²) in [5.41, 5.74) is 0.141. The van der Waals surface area contributed by atoms with Crippen LogP contribution < -0.4 is 0 Å². The molecule has 0 unspecified atom stereocenters. The third-order valence-electron chi connectivity index (χ3n) is 4.28. The first-order chi connectivity index (χ1) is 13.8. The second-order valence-electron chi connectivity index (χ2n) is 8.97. The van der Waals surface area contributed by atoms with E-state index in [1.807, 2.05) is 30.3 Å². The molecule has 7 heteroatoms. The minimum absolute atomic E-state index is 0.0892. The first kappa shape index (κ1) is 25.5. The van der Waals surface area contributed by atoms with Crippen molar-refractivity contribution in [3.8, 4) is 0 Å². The van der Waals surface area contributed by atoms with Crippen LogP contribution in [0.25, 0.3) is 0 Å². The van der Waals surface area contributed by atoms with Crippen LogP contribution in [0.3, 0.4) is 0 Å². The fourth-order valence-corrected chi connectivity index (χ4v) is 2.79. The molecule has 1 aromatic rings. The number of hydrogen-bond donors (Lipinski definition) is 0. The highest BCUT2D eigenvalue weighted by Gasteiger charge is 2.37. The Bertz CT molecular complexity index is 708. The van der Waals surface area contributed by atoms with Crippen LogP contribution in [0.5, 0.6) is 0 Å². The van der Waals surface area contributed by atoms with E-state index in [0.717, 1.165) is 5.56 Å². The van der Waals surface area contributed by atoms with E-state index in [2.05, 4.69) is 0 Å². The maximum Gasteiger partial charge on any atom is 0.410 e. The van der Waals surface area contributed by atoms with Crippen LogP contribution >= 0.6 is 0 Å². The molecule has 0 aliphatic rings. The predicted molar refractivity (Wildman–Crippen MR) is 114 cm³/mol. The molecule has 1 rings (SSSR count). The van der Waals surface area contributed by atoms with E-state index >= 15 is 0 Å². The van der Waals surface area contributed by atoms with Crippen LogP contribution in [0.4, 0.5) is 4.79 Å². The molecule has 0 aromatic heterocycles. The van der Waals surface area contributed by atoms with E-state index < -0.39 is 35.8 Å². The van der Waals surface area contributed by atoms with Gasteiger partial charge in [-0.05, 0) is 32.3 Å². The van der Waals surface area contributed by atoms with Crippen molar-refractivity contribution in [1.29, 1.82) is 0 Å². The normalized spacial score (nSPS) is 13.5. The van der Waals surface area contributed by atoms with Crippen LogP contribution in [-0.2, 0) is 30.4 Å². The van der Waals surface area contributed by atoms with Crippen LogP contribution in [-0.4, -0.2) is 47.7 Å². The Hall–Kier alpha value is -2.57. The molecule has 1 amide bonds. The molecule has 2 atom stereocenters. The lowest BCUT2D eigenvalue weighted by atomic mass is 10.0. The largest absolute Gasteiger partial charge is 0.458 e. The SMILES string of the molecule is CC(C)[C@@H](OC(=O)[C@@H](C(C)C)N(C)C(=O)OC(C)(C)C)C(=O)OCc1ccccc1. The lowest BCUT2D eigenvalue weighted by molar-refractivity contribution is -0.175. The summed E-state index contributed by atoms with van der Waals surface area (Å²) in [6.45, 7) is 12.5. The van der Waals surface area contributed by atoms with Crippen molar-refractivity contribution in [1.82, 2.24) is 4.90 Å². The van der Waals surface area contributed by atoms with Crippen LogP contribution in [0.2, 0.25) is 0 Å². The Morgan fingerprint density at radius 1 is 0.933 bits per heavy atom. The number of benzene rings is 1. The highest BCUT2D eigenvalue weighted by Crippen LogP contribution is 2.19. The number of carbonyl (C=O) groups excluding carboxylic acids is 3. The van der Waals surface area contributed by atoms with Gasteiger partial charge in [0, 0.05) is 13.0 Å². The Balaban J connectivity index is 2.87. The summed E-state index contributed by atoms with van der Waals surface area (Å²) in [5.74, 6) is -1.83. The van der Waals surface area contributed by atoms with Crippen molar-refractivity contribution in [3.05, 3.63) is 35.9 Å². The van der Waals surface area contributed by atoms with Crippen molar-refractivity contribution < 1.29 is 28.6 Å². The number of rotatable bonds is 8. The standard InChI is InChI=1S/C23H35NO6/c1-15(2)18(24(8)22(27)30-23(5,6)7)20(25)29-19(16(3)4)21(26)28-14-17-12-10-9-11-13-17/h9-13,15-16,18-19H,14H2,1-8H3/t18-,19-/m1/s1. The topological polar surface area (TPSA) is 82.1 Å². The van der Waals surface area contributed by atoms with E-state index in [0.29, 0.717) is 0 Å². The van der Waals surface area contributed by atoms with Gasteiger partial charge < -0.3 is 14.2 Å². The van der Waals surface area contributed by atoms with Gasteiger partial charge in [0.25, 0.3) is 0 Å². The molecule has 1 aromatic carbocycles. The maximum absolute atomic E-state index is 12.9. The van der Waals surface area contributed by atoms with E-state index in [9.17, 15) is 14.4 Å². The number of hydrogen-bond acceptors (Lipinski definition) is 6. The van der Waals surface area contributed by atoms with Crippen LogP contribution in [0.1, 0.15) is 54.0 Å². The third-order valence-corrected chi connectivity index (χ3v) is 4.28. The zero-order chi connectivity index (χ0) is 23.1. The van der Waals surface area contributed by atoms with Gasteiger partial charge in [-0.2, -0.15) is 0 Å². The molecule has 0 aliphatic carbocycles. The summed E-state index contributed by atoms with van der Waals surface area (Å²) >= 11 is 0. The van der Waals surface area contributed by atoms with Crippen molar-refractivity contribution in [2.45, 2.75) is 72.8 Å². The van der Waals surface area contributed by atoms with E-state index in [4.69, 9.17) is 14.2 Å². The Kier molecular flexibility index (Phi) is 9.33. The average Bonchev–Trinajstić information content (AvgIpc) is 2.63. The second-order valence-corrected chi connectivity index (χ2v) is 8.97. The van der Waals surface area contributed by atoms with E-state index in [-0.39, 0.29) is 18.4 Å². The first-order valence-electron chi connectivity index (χ1n) is 10.2. The number of ether oxygens (including phenoxy) is 3. The molecule has 7 nitrogen and oxygen atoms in total. The van der Waals surface area contributed by atoms with Crippen molar-refractivity contribution in [2.75, 3.05) is 7.05 Å². The van der Waals surface area contributed by atoms with Gasteiger partial charge in [-0.3, -0.25) is 4.90 Å². The number of esters is 2. The molecule has 0 spiro atoms. The summed E-state index contributed by atoms with van der Waals surface area (Å²) in [4.78, 5) is 39.1. The minimum atomic E-state index is -1.07. The third kappa shape index (κ3) is 8.05. The minimum Gasteiger partial charge on any atom is -0.458 e. The van der Waals surface area contributed by atoms with E-state index in [1.54, 1.807) is 48.5 Å². The van der Waals surface area contributed by atoms with Gasteiger partial charge in [0.05, 0.1) is 0 Å². The zero-order valence-corrected chi connectivity index (χ0v) is 19.3. The number of amides is 1. The highest BCUT2D eigenvalue weighted by molar-refractivity contribution is 5.85. The Morgan fingerprint density at radius 3 is 1.97 bits per heavy atom. The first-order valence-corrected chi connectivity index (χ1v) is 10.2. The second kappa shape index (κ2) is 11.0. The van der Waals surface area contributed by atoms with Gasteiger partial charge in [-0.15, -0.1) is 0 Å². The van der Waals surface area contributed by atoms with Gasteiger partial charge in [0.1, 0.15) is 18.2 Å². The molecular weight excluding hydrogens is 386 g/mol. The smallest absolute Gasteiger partial charge is 0.410 e. The van der Waals surface area contributed by atoms with Crippen molar-refractivity contribution in [3.63, 3.8) is 0 Å². The number of nitrogens with zero attached hydrogens (tertiary/aromatic N) is 1. The molecule has 0 saturated heterocycles. The maximum atomic E-state index is 12.9. The predicted octanol–water partition coefficient (Wildman–Crippen LogP) is 4.19. The summed E-state index contributed by atoms with van der Waals surface area (Å²) in [5, 5.41) is 0. The fourth-order valence-electron chi connectivity index (χ4n) is 2.79. The zero-order valence-electron chi connectivity index (χ0n) is 19.3. The number of likely N-dealkylation sites (N-methyl/N-ethyl adjacent to an activating group) is 1. The van der Waals surface area contributed by atoms with Crippen molar-refractivity contribution >= 4 is 18.0 Å². The van der Waals surface area contributed by atoms with Gasteiger partial charge in [0.15, 0.2) is 0 Å². The summed E-state index contributed by atoms with van der Waals surface area (Å²) in [6, 6.07) is 8.36. The van der Waals surface area contributed by atoms with Crippen LogP contribution in [0, 0.1) is 11.8 Å². The van der Waals surface area contributed by atoms with E-state index in [1.165, 1.54) is 11.9 Å². The van der Waals surface area contributed by atoms with Crippen molar-refractivity contribution in [2.24, 2.45) is 11.8 Å². The summed E-state index contributed by atoms with van der Waals surface area (Å²) < 4.78 is 16.2. The molecule has 0 radical (unpaired) electrons. The average molecular weight is 422 g/mol. The monoisotopic (exact) mass is 421 g/mol. The molecule has 168 valence electrons. The summed E-state index contributed by atoms with van der Waals surface area (Å²) in [6.07, 6.45) is -1.71. The van der Waals surface area contributed by atoms with Gasteiger partial charge in [-0.1, -0.05) is 58.0 Å². The summed E-state index contributed by atoms with van der Waals surface area (Å²) in [7, 11) is 1.48. The van der Waals surface area contributed by atoms with Crippen LogP contribution in [0.15, 0.2) is 30.3 Å². The van der Waals surface area contributed by atoms with Gasteiger partial charge in [-0.25, -0.2) is 14.4 Å². The highest BCUT2D eigenvalue weighted by atomic mass is 16.6. The molecule has 0 aliphatic heterocycles. The Morgan fingerprint density at radius 2 is 1.50 bits per heavy atom. The molecule has 0 bridgehead atoms. The molecule has 30 heavy (non-hydrogen) atoms. The fraction of sp³-hybridized carbons (Fsp3) is 0.609. The lowest BCUT2D eigenvalue weighted by Gasteiger charge is -2.32. The molecule has 0 fully saturated rings. The quantitative estimate of drug-likeness (QED) is 0.462. The molecule has 0 heterocycles.